The molecule has 0 radical (unpaired) electrons. The van der Waals surface area contributed by atoms with Crippen LogP contribution < -0.4 is 10.1 Å². The van der Waals surface area contributed by atoms with Crippen LogP contribution in [0.2, 0.25) is 5.02 Å². The lowest BCUT2D eigenvalue weighted by Gasteiger charge is -2.49. The number of hydrogen-bond acceptors (Lipinski definition) is 3. The summed E-state index contributed by atoms with van der Waals surface area (Å²) in [4.78, 5) is 15.2. The molecule has 2 aromatic rings. The summed E-state index contributed by atoms with van der Waals surface area (Å²) in [6.45, 7) is 0.969. The maximum atomic E-state index is 12.6. The van der Waals surface area contributed by atoms with E-state index in [1.54, 1.807) is 31.4 Å². The topological polar surface area (TPSA) is 41.6 Å². The highest BCUT2D eigenvalue weighted by Crippen LogP contribution is 2.35. The van der Waals surface area contributed by atoms with Crippen LogP contribution in [-0.4, -0.2) is 36.0 Å². The van der Waals surface area contributed by atoms with E-state index in [1.807, 2.05) is 12.1 Å². The van der Waals surface area contributed by atoms with Crippen molar-refractivity contribution in [2.24, 2.45) is 0 Å². The standard InChI is InChI=1S/C23H27ClN2O2/c1-28-22-11-5-16(6-12-22)15-26-20-3-2-4-21(26)14-19(13-20)25-23(27)17-7-9-18(24)10-8-17/h5-12,19-21H,2-4,13-15H2,1H3,(H,25,27)/t19?,20-,21+. The van der Waals surface area contributed by atoms with E-state index in [0.717, 1.165) is 25.1 Å². The molecule has 2 fully saturated rings. The number of amides is 1. The van der Waals surface area contributed by atoms with Gasteiger partial charge in [-0.1, -0.05) is 30.2 Å². The van der Waals surface area contributed by atoms with E-state index < -0.39 is 0 Å². The molecule has 1 amide bonds. The molecule has 1 N–H and O–H groups in total. The van der Waals surface area contributed by atoms with Crippen molar-refractivity contribution in [2.75, 3.05) is 7.11 Å². The lowest BCUT2D eigenvalue weighted by atomic mass is 9.81. The minimum Gasteiger partial charge on any atom is -0.497 e. The molecule has 0 aromatic heterocycles. The zero-order valence-corrected chi connectivity index (χ0v) is 17.0. The second-order valence-electron chi connectivity index (χ2n) is 7.91. The fourth-order valence-electron chi connectivity index (χ4n) is 4.67. The van der Waals surface area contributed by atoms with Crippen molar-refractivity contribution in [2.45, 2.75) is 56.8 Å². The summed E-state index contributed by atoms with van der Waals surface area (Å²) >= 11 is 5.93. The number of nitrogens with zero attached hydrogens (tertiary/aromatic N) is 1. The van der Waals surface area contributed by atoms with E-state index in [-0.39, 0.29) is 11.9 Å². The Hall–Kier alpha value is -2.04. The number of carbonyl (C=O) groups excluding carboxylic acids is 1. The molecule has 0 spiro atoms. The van der Waals surface area contributed by atoms with Crippen molar-refractivity contribution in [3.05, 3.63) is 64.7 Å². The van der Waals surface area contributed by atoms with Gasteiger partial charge in [-0.25, -0.2) is 0 Å². The summed E-state index contributed by atoms with van der Waals surface area (Å²) in [5.41, 5.74) is 2.00. The van der Waals surface area contributed by atoms with Crippen molar-refractivity contribution in [3.8, 4) is 5.75 Å². The quantitative estimate of drug-likeness (QED) is 0.796. The Kier molecular flexibility index (Phi) is 5.88. The number of nitrogens with one attached hydrogen (secondary N) is 1. The Morgan fingerprint density at radius 1 is 1.07 bits per heavy atom. The van der Waals surface area contributed by atoms with Gasteiger partial charge in [0.2, 0.25) is 0 Å². The molecule has 2 aliphatic rings. The molecule has 2 heterocycles. The Morgan fingerprint density at radius 3 is 2.32 bits per heavy atom. The van der Waals surface area contributed by atoms with Gasteiger partial charge in [-0.2, -0.15) is 0 Å². The predicted octanol–water partition coefficient (Wildman–Crippen LogP) is 4.66. The van der Waals surface area contributed by atoms with Gasteiger partial charge in [0.05, 0.1) is 7.11 Å². The number of rotatable bonds is 5. The summed E-state index contributed by atoms with van der Waals surface area (Å²) in [6.07, 6.45) is 5.74. The van der Waals surface area contributed by atoms with Crippen molar-refractivity contribution >= 4 is 17.5 Å². The first-order valence-electron chi connectivity index (χ1n) is 10.1. The number of piperidine rings is 2. The number of fused-ring (bicyclic) bond motifs is 2. The smallest absolute Gasteiger partial charge is 0.251 e. The second kappa shape index (κ2) is 8.54. The minimum atomic E-state index is 0.00310. The third-order valence-corrected chi connectivity index (χ3v) is 6.34. The van der Waals surface area contributed by atoms with E-state index in [9.17, 15) is 4.79 Å². The summed E-state index contributed by atoms with van der Waals surface area (Å²) in [5, 5.41) is 3.91. The Morgan fingerprint density at radius 2 is 1.71 bits per heavy atom. The number of carbonyl (C=O) groups is 1. The van der Waals surface area contributed by atoms with Gasteiger partial charge in [0.1, 0.15) is 5.75 Å². The average Bonchev–Trinajstić information content (AvgIpc) is 2.69. The molecular weight excluding hydrogens is 372 g/mol. The molecule has 2 aliphatic heterocycles. The van der Waals surface area contributed by atoms with Crippen LogP contribution in [0, 0.1) is 0 Å². The summed E-state index contributed by atoms with van der Waals surface area (Å²) in [7, 11) is 1.70. The molecular formula is C23H27ClN2O2. The number of ether oxygens (including phenoxy) is 1. The maximum absolute atomic E-state index is 12.6. The maximum Gasteiger partial charge on any atom is 0.251 e. The monoisotopic (exact) mass is 398 g/mol. The summed E-state index contributed by atoms with van der Waals surface area (Å²) in [5.74, 6) is 0.899. The van der Waals surface area contributed by atoms with Crippen LogP contribution in [0.4, 0.5) is 0 Å². The van der Waals surface area contributed by atoms with Crippen molar-refractivity contribution in [1.82, 2.24) is 10.2 Å². The highest BCUT2D eigenvalue weighted by molar-refractivity contribution is 6.30. The van der Waals surface area contributed by atoms with Gasteiger partial charge in [-0.3, -0.25) is 9.69 Å². The first-order valence-corrected chi connectivity index (χ1v) is 10.5. The Bertz CT molecular complexity index is 792. The predicted molar refractivity (Wildman–Crippen MR) is 112 cm³/mol. The lowest BCUT2D eigenvalue weighted by Crippen LogP contribution is -2.56. The molecule has 4 rings (SSSR count). The molecule has 0 aliphatic carbocycles. The van der Waals surface area contributed by atoms with E-state index in [1.165, 1.54) is 24.8 Å². The van der Waals surface area contributed by atoms with E-state index in [2.05, 4.69) is 22.3 Å². The molecule has 5 heteroatoms. The third kappa shape index (κ3) is 4.34. The SMILES string of the molecule is COc1ccc(CN2[C@@H]3CCC[C@H]2CC(NC(=O)c2ccc(Cl)cc2)C3)cc1. The first-order chi connectivity index (χ1) is 13.6. The minimum absolute atomic E-state index is 0.00310. The molecule has 3 atom stereocenters. The number of halogens is 1. The summed E-state index contributed by atoms with van der Waals surface area (Å²) in [6, 6.07) is 16.8. The van der Waals surface area contributed by atoms with Crippen LogP contribution in [-0.2, 0) is 6.54 Å². The van der Waals surface area contributed by atoms with Gasteiger partial charge in [0.15, 0.2) is 0 Å². The normalized spacial score (nSPS) is 24.6. The van der Waals surface area contributed by atoms with Gasteiger partial charge < -0.3 is 10.1 Å². The molecule has 148 valence electrons. The van der Waals surface area contributed by atoms with E-state index >= 15 is 0 Å². The van der Waals surface area contributed by atoms with Gasteiger partial charge >= 0.3 is 0 Å². The van der Waals surface area contributed by atoms with Crippen molar-refractivity contribution in [1.29, 1.82) is 0 Å². The number of hydrogen-bond donors (Lipinski definition) is 1. The number of methoxy groups -OCH3 is 1. The molecule has 2 aromatic carbocycles. The van der Waals surface area contributed by atoms with Crippen LogP contribution in [0.25, 0.3) is 0 Å². The fourth-order valence-corrected chi connectivity index (χ4v) is 4.79. The second-order valence-corrected chi connectivity index (χ2v) is 8.34. The molecule has 4 nitrogen and oxygen atoms in total. The van der Waals surface area contributed by atoms with Gasteiger partial charge in [0.25, 0.3) is 5.91 Å². The van der Waals surface area contributed by atoms with E-state index in [0.29, 0.717) is 22.7 Å². The van der Waals surface area contributed by atoms with Crippen LogP contribution in [0.15, 0.2) is 48.5 Å². The van der Waals surface area contributed by atoms with E-state index in [4.69, 9.17) is 16.3 Å². The first kappa shape index (κ1) is 19.3. The zero-order valence-electron chi connectivity index (χ0n) is 16.2. The average molecular weight is 399 g/mol. The van der Waals surface area contributed by atoms with Crippen LogP contribution >= 0.6 is 11.6 Å². The van der Waals surface area contributed by atoms with Crippen molar-refractivity contribution in [3.63, 3.8) is 0 Å². The molecule has 1 unspecified atom stereocenters. The highest BCUT2D eigenvalue weighted by atomic mass is 35.5. The molecule has 2 bridgehead atoms. The van der Waals surface area contributed by atoms with Gasteiger partial charge in [-0.05, 0) is 67.6 Å². The summed E-state index contributed by atoms with van der Waals surface area (Å²) < 4.78 is 5.27. The molecule has 28 heavy (non-hydrogen) atoms. The zero-order chi connectivity index (χ0) is 19.5. The molecule has 0 saturated carbocycles. The van der Waals surface area contributed by atoms with Gasteiger partial charge in [0, 0.05) is 35.3 Å². The Balaban J connectivity index is 1.39. The Labute approximate surface area is 171 Å². The molecule has 2 saturated heterocycles. The largest absolute Gasteiger partial charge is 0.497 e. The fraction of sp³-hybridized carbons (Fsp3) is 0.435. The van der Waals surface area contributed by atoms with Crippen LogP contribution in [0.1, 0.15) is 48.0 Å². The third-order valence-electron chi connectivity index (χ3n) is 6.09. The van der Waals surface area contributed by atoms with Crippen LogP contribution in [0.3, 0.4) is 0 Å². The lowest BCUT2D eigenvalue weighted by molar-refractivity contribution is 0.0177. The number of benzene rings is 2. The van der Waals surface area contributed by atoms with Crippen molar-refractivity contribution < 1.29 is 9.53 Å². The van der Waals surface area contributed by atoms with Crippen LogP contribution in [0.5, 0.6) is 5.75 Å². The van der Waals surface area contributed by atoms with Gasteiger partial charge in [-0.15, -0.1) is 0 Å². The highest BCUT2D eigenvalue weighted by Gasteiger charge is 2.38.